The molecule has 0 rings (SSSR count). The molecule has 27 heavy (non-hydrogen) atoms. The van der Waals surface area contributed by atoms with Crippen LogP contribution in [0.4, 0.5) is 0 Å². The summed E-state index contributed by atoms with van der Waals surface area (Å²) in [4.78, 5) is 46.8. The Morgan fingerprint density at radius 3 is 2.15 bits per heavy atom. The maximum Gasteiger partial charge on any atom is 0.326 e. The number of hydrogen-bond donors (Lipinski definition) is 7. The van der Waals surface area contributed by atoms with Gasteiger partial charge in [0.05, 0.1) is 19.2 Å². The van der Waals surface area contributed by atoms with Crippen molar-refractivity contribution >= 4 is 23.7 Å². The van der Waals surface area contributed by atoms with Crippen molar-refractivity contribution in [2.24, 2.45) is 17.4 Å². The van der Waals surface area contributed by atoms with Crippen LogP contribution in [0.15, 0.2) is 0 Å². The van der Waals surface area contributed by atoms with Crippen molar-refractivity contribution in [1.29, 1.82) is 0 Å². The molecule has 0 saturated carbocycles. The molecule has 0 radical (unpaired) electrons. The number of rotatable bonds is 13. The number of unbranched alkanes of at least 4 members (excludes halogenated alkanes) is 1. The van der Waals surface area contributed by atoms with Gasteiger partial charge in [-0.1, -0.05) is 20.3 Å². The van der Waals surface area contributed by atoms with Gasteiger partial charge in [0.15, 0.2) is 0 Å². The molecule has 0 fully saturated rings. The average molecular weight is 389 g/mol. The van der Waals surface area contributed by atoms with Gasteiger partial charge in [-0.05, 0) is 25.3 Å². The molecule has 9 N–H and O–H groups in total. The predicted octanol–water partition coefficient (Wildman–Crippen LogP) is -2.74. The molecule has 3 amide bonds. The Morgan fingerprint density at radius 2 is 1.67 bits per heavy atom. The van der Waals surface area contributed by atoms with E-state index in [4.69, 9.17) is 16.6 Å². The van der Waals surface area contributed by atoms with Crippen molar-refractivity contribution in [3.05, 3.63) is 0 Å². The van der Waals surface area contributed by atoms with E-state index in [1.807, 2.05) is 0 Å². The van der Waals surface area contributed by atoms with E-state index in [2.05, 4.69) is 16.0 Å². The first-order valence-corrected chi connectivity index (χ1v) is 8.80. The van der Waals surface area contributed by atoms with Crippen LogP contribution in [0.1, 0.15) is 33.1 Å². The van der Waals surface area contributed by atoms with Gasteiger partial charge in [0.1, 0.15) is 12.1 Å². The fraction of sp³-hybridized carbons (Fsp3) is 0.750. The number of carbonyl (C=O) groups excluding carboxylic acids is 3. The van der Waals surface area contributed by atoms with Crippen LogP contribution < -0.4 is 27.4 Å². The number of carboxylic acid groups (broad SMARTS) is 1. The number of amides is 3. The number of nitrogens with two attached hydrogens (primary N) is 2. The summed E-state index contributed by atoms with van der Waals surface area (Å²) in [6, 6.07) is -3.20. The highest BCUT2D eigenvalue weighted by atomic mass is 16.4. The summed E-state index contributed by atoms with van der Waals surface area (Å²) in [5.41, 5.74) is 11.1. The van der Waals surface area contributed by atoms with Crippen LogP contribution in [-0.2, 0) is 19.2 Å². The van der Waals surface area contributed by atoms with Crippen molar-refractivity contribution in [3.8, 4) is 0 Å². The number of aliphatic hydroxyl groups is 1. The van der Waals surface area contributed by atoms with E-state index in [1.165, 1.54) is 0 Å². The Morgan fingerprint density at radius 1 is 1.04 bits per heavy atom. The van der Waals surface area contributed by atoms with Gasteiger partial charge in [-0.3, -0.25) is 14.4 Å². The van der Waals surface area contributed by atoms with Crippen molar-refractivity contribution in [2.45, 2.75) is 51.2 Å². The van der Waals surface area contributed by atoms with Gasteiger partial charge in [0.25, 0.3) is 0 Å². The smallest absolute Gasteiger partial charge is 0.326 e. The van der Waals surface area contributed by atoms with Crippen LogP contribution in [0.2, 0.25) is 0 Å². The lowest BCUT2D eigenvalue weighted by Gasteiger charge is -2.20. The second-order valence-corrected chi connectivity index (χ2v) is 6.48. The maximum absolute atomic E-state index is 12.0. The number of nitrogens with one attached hydrogen (secondary N) is 3. The van der Waals surface area contributed by atoms with Crippen molar-refractivity contribution in [1.82, 2.24) is 16.0 Å². The van der Waals surface area contributed by atoms with E-state index in [9.17, 15) is 24.3 Å². The van der Waals surface area contributed by atoms with Crippen molar-refractivity contribution < 1.29 is 29.4 Å². The summed E-state index contributed by atoms with van der Waals surface area (Å²) >= 11 is 0. The van der Waals surface area contributed by atoms with E-state index in [0.717, 1.165) is 0 Å². The van der Waals surface area contributed by atoms with Gasteiger partial charge in [-0.15, -0.1) is 0 Å². The second-order valence-electron chi connectivity index (χ2n) is 6.48. The Hall–Kier alpha value is -2.24. The summed E-state index contributed by atoms with van der Waals surface area (Å²) < 4.78 is 0. The third-order valence-electron chi connectivity index (χ3n) is 3.79. The van der Waals surface area contributed by atoms with E-state index < -0.39 is 55.0 Å². The summed E-state index contributed by atoms with van der Waals surface area (Å²) in [5, 5.41) is 25.1. The highest BCUT2D eigenvalue weighted by Crippen LogP contribution is 2.01. The van der Waals surface area contributed by atoms with Gasteiger partial charge in [0.2, 0.25) is 17.7 Å². The van der Waals surface area contributed by atoms with Gasteiger partial charge < -0.3 is 37.6 Å². The van der Waals surface area contributed by atoms with Crippen molar-refractivity contribution in [3.63, 3.8) is 0 Å². The second kappa shape index (κ2) is 13.0. The number of aliphatic carboxylic acids is 1. The minimum Gasteiger partial charge on any atom is -0.480 e. The first-order valence-electron chi connectivity index (χ1n) is 8.80. The van der Waals surface area contributed by atoms with Crippen molar-refractivity contribution in [2.75, 3.05) is 19.7 Å². The summed E-state index contributed by atoms with van der Waals surface area (Å²) in [6.07, 6.45) is 1.76. The lowest BCUT2D eigenvalue weighted by atomic mass is 10.1. The van der Waals surface area contributed by atoms with E-state index in [-0.39, 0.29) is 5.92 Å². The zero-order valence-electron chi connectivity index (χ0n) is 15.7. The molecular weight excluding hydrogens is 358 g/mol. The van der Waals surface area contributed by atoms with E-state index >= 15 is 0 Å². The normalized spacial score (nSPS) is 14.1. The Labute approximate surface area is 158 Å². The van der Waals surface area contributed by atoms with Gasteiger partial charge in [-0.25, -0.2) is 4.79 Å². The monoisotopic (exact) mass is 389 g/mol. The zero-order valence-corrected chi connectivity index (χ0v) is 15.7. The molecule has 0 aromatic heterocycles. The van der Waals surface area contributed by atoms with Gasteiger partial charge >= 0.3 is 5.97 Å². The quantitative estimate of drug-likeness (QED) is 0.165. The lowest BCUT2D eigenvalue weighted by Crippen LogP contribution is -2.55. The third-order valence-corrected chi connectivity index (χ3v) is 3.79. The Balaban J connectivity index is 4.49. The molecule has 0 aliphatic carbocycles. The molecule has 0 heterocycles. The van der Waals surface area contributed by atoms with Gasteiger partial charge in [0, 0.05) is 0 Å². The largest absolute Gasteiger partial charge is 0.480 e. The highest BCUT2D eigenvalue weighted by molar-refractivity contribution is 5.92. The number of aliphatic hydroxyl groups excluding tert-OH is 1. The Kier molecular flexibility index (Phi) is 11.9. The minimum absolute atomic E-state index is 0.340. The molecule has 0 saturated heterocycles. The molecule has 3 unspecified atom stereocenters. The fourth-order valence-corrected chi connectivity index (χ4v) is 2.14. The maximum atomic E-state index is 12.0. The number of carbonyl (C=O) groups is 4. The topological polar surface area (TPSA) is 197 Å². The molecular formula is C16H31N5O6. The van der Waals surface area contributed by atoms with E-state index in [0.29, 0.717) is 25.8 Å². The van der Waals surface area contributed by atoms with E-state index in [1.54, 1.807) is 13.8 Å². The molecule has 0 aromatic rings. The van der Waals surface area contributed by atoms with Crippen LogP contribution in [-0.4, -0.2) is 71.7 Å². The molecule has 0 spiro atoms. The summed E-state index contributed by atoms with van der Waals surface area (Å²) in [6.45, 7) is 2.57. The number of hydrogen-bond acceptors (Lipinski definition) is 7. The fourth-order valence-electron chi connectivity index (χ4n) is 2.14. The molecule has 156 valence electrons. The minimum atomic E-state index is -1.27. The molecule has 0 aromatic carbocycles. The van der Waals surface area contributed by atoms with Crippen LogP contribution in [0.5, 0.6) is 0 Å². The predicted molar refractivity (Wildman–Crippen MR) is 97.3 cm³/mol. The highest BCUT2D eigenvalue weighted by Gasteiger charge is 2.25. The standard InChI is InChI=1S/C16H31N5O6/c1-9(2)13(16(26)27)21-12(23)7-19-15(25)11(8-22)20-14(24)10(18)5-3-4-6-17/h9-11,13,22H,3-8,17-18H2,1-2H3,(H,19,25)(H,20,24)(H,21,23)(H,26,27). The molecule has 0 aliphatic heterocycles. The van der Waals surface area contributed by atoms with Gasteiger partial charge in [-0.2, -0.15) is 0 Å². The van der Waals surface area contributed by atoms with Crippen LogP contribution >= 0.6 is 0 Å². The lowest BCUT2D eigenvalue weighted by molar-refractivity contribution is -0.143. The molecule has 11 heteroatoms. The summed E-state index contributed by atoms with van der Waals surface area (Å²) in [5.74, 6) is -3.62. The summed E-state index contributed by atoms with van der Waals surface area (Å²) in [7, 11) is 0. The van der Waals surface area contributed by atoms with Crippen LogP contribution in [0.3, 0.4) is 0 Å². The average Bonchev–Trinajstić information content (AvgIpc) is 2.61. The third kappa shape index (κ3) is 9.87. The SMILES string of the molecule is CC(C)C(NC(=O)CNC(=O)C(CO)NC(=O)C(N)CCCCN)C(=O)O. The molecule has 0 bridgehead atoms. The van der Waals surface area contributed by atoms with Crippen LogP contribution in [0.25, 0.3) is 0 Å². The first-order chi connectivity index (χ1) is 12.6. The molecule has 11 nitrogen and oxygen atoms in total. The van der Waals surface area contributed by atoms with Crippen LogP contribution in [0, 0.1) is 5.92 Å². The zero-order chi connectivity index (χ0) is 21.0. The Bertz CT molecular complexity index is 514. The number of carboxylic acids is 1. The first kappa shape index (κ1) is 24.8. The molecule has 0 aliphatic rings. The molecule has 3 atom stereocenters.